The van der Waals surface area contributed by atoms with Gasteiger partial charge in [-0.3, -0.25) is 0 Å². The predicted molar refractivity (Wildman–Crippen MR) is 54.9 cm³/mol. The summed E-state index contributed by atoms with van der Waals surface area (Å²) in [6.07, 6.45) is -4.28. The van der Waals surface area contributed by atoms with Crippen LogP contribution in [-0.4, -0.2) is 13.1 Å². The van der Waals surface area contributed by atoms with Crippen molar-refractivity contribution < 1.29 is 13.2 Å². The molecule has 5 heteroatoms. The molecule has 0 amide bonds. The lowest BCUT2D eigenvalue weighted by Crippen LogP contribution is -2.32. The van der Waals surface area contributed by atoms with E-state index in [-0.39, 0.29) is 5.92 Å². The van der Waals surface area contributed by atoms with Gasteiger partial charge in [-0.15, -0.1) is 0 Å². The van der Waals surface area contributed by atoms with Gasteiger partial charge in [0.05, 0.1) is 5.56 Å². The Morgan fingerprint density at radius 3 is 2.75 bits per heavy atom. The van der Waals surface area contributed by atoms with Gasteiger partial charge in [-0.25, -0.2) is 0 Å². The van der Waals surface area contributed by atoms with Crippen molar-refractivity contribution >= 4 is 0 Å². The zero-order valence-corrected chi connectivity index (χ0v) is 8.64. The first kappa shape index (κ1) is 11.4. The molecule has 0 aliphatic carbocycles. The zero-order chi connectivity index (χ0) is 11.8. The molecule has 0 radical (unpaired) electrons. The highest BCUT2D eigenvalue weighted by molar-refractivity contribution is 5.37. The minimum absolute atomic E-state index is 0.0222. The van der Waals surface area contributed by atoms with Crippen LogP contribution in [0.3, 0.4) is 0 Å². The Kier molecular flexibility index (Phi) is 2.90. The van der Waals surface area contributed by atoms with Gasteiger partial charge < -0.3 is 11.1 Å². The first-order valence-electron chi connectivity index (χ1n) is 5.13. The maximum Gasteiger partial charge on any atom is 0.416 e. The fraction of sp³-hybridized carbons (Fsp3) is 0.455. The van der Waals surface area contributed by atoms with E-state index in [0.29, 0.717) is 19.6 Å². The van der Waals surface area contributed by atoms with E-state index in [0.717, 1.165) is 17.2 Å². The van der Waals surface area contributed by atoms with Crippen molar-refractivity contribution in [2.75, 3.05) is 13.1 Å². The normalized spacial score (nSPS) is 20.6. The highest BCUT2D eigenvalue weighted by Gasteiger charge is 2.32. The molecule has 0 saturated heterocycles. The second-order valence-corrected chi connectivity index (χ2v) is 3.97. The average molecular weight is 230 g/mol. The van der Waals surface area contributed by atoms with E-state index in [1.165, 1.54) is 12.1 Å². The van der Waals surface area contributed by atoms with Gasteiger partial charge >= 0.3 is 6.18 Å². The second-order valence-electron chi connectivity index (χ2n) is 3.97. The molecule has 1 aliphatic heterocycles. The van der Waals surface area contributed by atoms with Crippen LogP contribution in [0.25, 0.3) is 0 Å². The Balaban J connectivity index is 2.43. The number of nitrogens with one attached hydrogen (secondary N) is 1. The molecule has 0 fully saturated rings. The largest absolute Gasteiger partial charge is 0.416 e. The fourth-order valence-electron chi connectivity index (χ4n) is 2.01. The summed E-state index contributed by atoms with van der Waals surface area (Å²) in [5, 5.41) is 3.14. The number of benzene rings is 1. The highest BCUT2D eigenvalue weighted by atomic mass is 19.4. The van der Waals surface area contributed by atoms with Crippen LogP contribution in [0.4, 0.5) is 13.2 Å². The predicted octanol–water partition coefficient (Wildman–Crippen LogP) is 1.85. The van der Waals surface area contributed by atoms with Gasteiger partial charge in [-0.05, 0) is 23.3 Å². The molecular weight excluding hydrogens is 217 g/mol. The molecule has 1 aliphatic rings. The SMILES string of the molecule is NCC1CNCc2ccc(C(F)(F)F)cc21. The topological polar surface area (TPSA) is 38.0 Å². The third-order valence-corrected chi connectivity index (χ3v) is 2.90. The van der Waals surface area contributed by atoms with E-state index in [1.807, 2.05) is 0 Å². The van der Waals surface area contributed by atoms with E-state index in [9.17, 15) is 13.2 Å². The summed E-state index contributed by atoms with van der Waals surface area (Å²) < 4.78 is 37.6. The molecule has 2 rings (SSSR count). The summed E-state index contributed by atoms with van der Waals surface area (Å²) >= 11 is 0. The van der Waals surface area contributed by atoms with Gasteiger partial charge in [0, 0.05) is 25.6 Å². The van der Waals surface area contributed by atoms with Crippen LogP contribution in [0.1, 0.15) is 22.6 Å². The van der Waals surface area contributed by atoms with E-state index >= 15 is 0 Å². The molecule has 0 saturated carbocycles. The third kappa shape index (κ3) is 2.05. The Morgan fingerprint density at radius 2 is 2.12 bits per heavy atom. The Hall–Kier alpha value is -1.07. The van der Waals surface area contributed by atoms with Gasteiger partial charge in [0.15, 0.2) is 0 Å². The lowest BCUT2D eigenvalue weighted by molar-refractivity contribution is -0.137. The molecular formula is C11H13F3N2. The van der Waals surface area contributed by atoms with Crippen molar-refractivity contribution in [2.45, 2.75) is 18.6 Å². The van der Waals surface area contributed by atoms with Crippen molar-refractivity contribution in [3.8, 4) is 0 Å². The molecule has 0 aromatic heterocycles. The molecule has 0 bridgehead atoms. The maximum absolute atomic E-state index is 12.5. The summed E-state index contributed by atoms with van der Waals surface area (Å²) in [5.74, 6) is -0.0222. The van der Waals surface area contributed by atoms with Crippen LogP contribution in [0.5, 0.6) is 0 Å². The van der Waals surface area contributed by atoms with Crippen LogP contribution in [0.15, 0.2) is 18.2 Å². The van der Waals surface area contributed by atoms with Crippen molar-refractivity contribution in [3.05, 3.63) is 34.9 Å². The molecule has 0 spiro atoms. The number of halogens is 3. The standard InChI is InChI=1S/C11H13F3N2/c12-11(13,14)9-2-1-7-5-16-6-8(4-15)10(7)3-9/h1-3,8,16H,4-6,15H2. The number of rotatable bonds is 1. The van der Waals surface area contributed by atoms with Crippen LogP contribution in [-0.2, 0) is 12.7 Å². The van der Waals surface area contributed by atoms with Crippen LogP contribution >= 0.6 is 0 Å². The number of hydrogen-bond acceptors (Lipinski definition) is 2. The fourth-order valence-corrected chi connectivity index (χ4v) is 2.01. The van der Waals surface area contributed by atoms with Gasteiger partial charge in [-0.2, -0.15) is 13.2 Å². The third-order valence-electron chi connectivity index (χ3n) is 2.90. The summed E-state index contributed by atoms with van der Waals surface area (Å²) in [6, 6.07) is 3.89. The first-order chi connectivity index (χ1) is 7.52. The quantitative estimate of drug-likeness (QED) is 0.772. The number of alkyl halides is 3. The minimum Gasteiger partial charge on any atom is -0.330 e. The zero-order valence-electron chi connectivity index (χ0n) is 8.64. The molecule has 16 heavy (non-hydrogen) atoms. The molecule has 1 unspecified atom stereocenters. The monoisotopic (exact) mass is 230 g/mol. The van der Waals surface area contributed by atoms with Gasteiger partial charge in [-0.1, -0.05) is 6.07 Å². The Bertz CT molecular complexity index is 387. The van der Waals surface area contributed by atoms with E-state index in [1.54, 1.807) is 0 Å². The molecule has 1 aromatic rings. The molecule has 2 nitrogen and oxygen atoms in total. The van der Waals surface area contributed by atoms with Crippen molar-refractivity contribution in [2.24, 2.45) is 5.73 Å². The second kappa shape index (κ2) is 4.07. The smallest absolute Gasteiger partial charge is 0.330 e. The number of fused-ring (bicyclic) bond motifs is 1. The van der Waals surface area contributed by atoms with Crippen molar-refractivity contribution in [3.63, 3.8) is 0 Å². The molecule has 1 heterocycles. The average Bonchev–Trinajstić information content (AvgIpc) is 2.26. The number of nitrogens with two attached hydrogens (primary N) is 1. The van der Waals surface area contributed by atoms with E-state index in [2.05, 4.69) is 5.32 Å². The number of hydrogen-bond donors (Lipinski definition) is 2. The van der Waals surface area contributed by atoms with Gasteiger partial charge in [0.1, 0.15) is 0 Å². The maximum atomic E-state index is 12.5. The minimum atomic E-state index is -4.28. The molecule has 88 valence electrons. The van der Waals surface area contributed by atoms with Crippen LogP contribution in [0.2, 0.25) is 0 Å². The van der Waals surface area contributed by atoms with Crippen LogP contribution < -0.4 is 11.1 Å². The summed E-state index contributed by atoms with van der Waals surface area (Å²) in [4.78, 5) is 0. The Morgan fingerprint density at radius 1 is 1.38 bits per heavy atom. The van der Waals surface area contributed by atoms with E-state index < -0.39 is 11.7 Å². The molecule has 1 atom stereocenters. The summed E-state index contributed by atoms with van der Waals surface area (Å²) in [5.41, 5.74) is 6.61. The molecule has 3 N–H and O–H groups in total. The lowest BCUT2D eigenvalue weighted by Gasteiger charge is -2.26. The Labute approximate surface area is 91.6 Å². The summed E-state index contributed by atoms with van der Waals surface area (Å²) in [7, 11) is 0. The summed E-state index contributed by atoms with van der Waals surface area (Å²) in [6.45, 7) is 1.62. The van der Waals surface area contributed by atoms with Crippen LogP contribution in [0, 0.1) is 0 Å². The van der Waals surface area contributed by atoms with Crippen molar-refractivity contribution in [1.82, 2.24) is 5.32 Å². The van der Waals surface area contributed by atoms with E-state index in [4.69, 9.17) is 5.73 Å². The lowest BCUT2D eigenvalue weighted by atomic mass is 9.89. The van der Waals surface area contributed by atoms with Gasteiger partial charge in [0.2, 0.25) is 0 Å². The van der Waals surface area contributed by atoms with Gasteiger partial charge in [0.25, 0.3) is 0 Å². The highest BCUT2D eigenvalue weighted by Crippen LogP contribution is 2.33. The van der Waals surface area contributed by atoms with Crippen molar-refractivity contribution in [1.29, 1.82) is 0 Å². The molecule has 1 aromatic carbocycles. The first-order valence-corrected chi connectivity index (χ1v) is 5.13.